The molecule has 3 rings (SSSR count). The van der Waals surface area contributed by atoms with Crippen molar-refractivity contribution in [1.29, 1.82) is 0 Å². The lowest BCUT2D eigenvalue weighted by molar-refractivity contribution is 0.949. The van der Waals surface area contributed by atoms with Gasteiger partial charge in [-0.1, -0.05) is 58.4 Å². The number of rotatable bonds is 3. The summed E-state index contributed by atoms with van der Waals surface area (Å²) >= 11 is 3.52. The van der Waals surface area contributed by atoms with Crippen LogP contribution in [0.25, 0.3) is 5.57 Å². The molecular formula is C18H18BrS+. The van der Waals surface area contributed by atoms with Gasteiger partial charge in [-0.3, -0.25) is 0 Å². The third-order valence-electron chi connectivity index (χ3n) is 3.59. The first kappa shape index (κ1) is 14.0. The number of hydrogen-bond donors (Lipinski definition) is 0. The molecule has 1 saturated heterocycles. The smallest absolute Gasteiger partial charge is 0.0622 e. The van der Waals surface area contributed by atoms with Crippen LogP contribution in [0, 0.1) is 0 Å². The molecule has 102 valence electrons. The molecule has 0 radical (unpaired) electrons. The van der Waals surface area contributed by atoms with Gasteiger partial charge in [-0.15, -0.1) is 0 Å². The molecule has 0 unspecified atom stereocenters. The van der Waals surface area contributed by atoms with E-state index in [1.54, 1.807) is 0 Å². The van der Waals surface area contributed by atoms with Gasteiger partial charge < -0.3 is 0 Å². The molecule has 1 aliphatic heterocycles. The quantitative estimate of drug-likeness (QED) is 0.666. The third kappa shape index (κ3) is 3.36. The molecule has 0 spiro atoms. The Morgan fingerprint density at radius 1 is 0.850 bits per heavy atom. The van der Waals surface area contributed by atoms with Crippen LogP contribution in [0.3, 0.4) is 0 Å². The van der Waals surface area contributed by atoms with E-state index in [0.29, 0.717) is 10.9 Å². The standard InChI is InChI=1S/C18H18BrS/c19-17-10-8-16(9-11-17)18(14-20-12-4-5-13-20)15-6-2-1-3-7-15/h1-3,6-11,14H,4-5,12-13H2/q+1. The van der Waals surface area contributed by atoms with Gasteiger partial charge in [0.15, 0.2) is 0 Å². The topological polar surface area (TPSA) is 0 Å². The molecule has 2 aromatic carbocycles. The lowest BCUT2D eigenvalue weighted by atomic mass is 10.00. The lowest BCUT2D eigenvalue weighted by Crippen LogP contribution is -2.00. The average molecular weight is 346 g/mol. The van der Waals surface area contributed by atoms with Crippen LogP contribution < -0.4 is 0 Å². The molecule has 0 saturated carbocycles. The molecule has 0 N–H and O–H groups in total. The van der Waals surface area contributed by atoms with E-state index in [1.807, 2.05) is 0 Å². The van der Waals surface area contributed by atoms with Crippen molar-refractivity contribution < 1.29 is 0 Å². The zero-order chi connectivity index (χ0) is 13.8. The summed E-state index contributed by atoms with van der Waals surface area (Å²) in [6.07, 6.45) is 2.78. The Morgan fingerprint density at radius 3 is 2.10 bits per heavy atom. The summed E-state index contributed by atoms with van der Waals surface area (Å²) in [4.78, 5) is 0. The van der Waals surface area contributed by atoms with E-state index in [2.05, 4.69) is 75.9 Å². The fraction of sp³-hybridized carbons (Fsp3) is 0.222. The molecule has 0 bridgehead atoms. The third-order valence-corrected chi connectivity index (χ3v) is 6.31. The highest BCUT2D eigenvalue weighted by Crippen LogP contribution is 2.28. The molecule has 0 aliphatic carbocycles. The van der Waals surface area contributed by atoms with Crippen molar-refractivity contribution in [2.45, 2.75) is 12.8 Å². The predicted octanol–water partition coefficient (Wildman–Crippen LogP) is 5.25. The van der Waals surface area contributed by atoms with Gasteiger partial charge in [0.05, 0.1) is 0 Å². The maximum Gasteiger partial charge on any atom is 0.127 e. The molecule has 0 aromatic heterocycles. The van der Waals surface area contributed by atoms with E-state index in [4.69, 9.17) is 0 Å². The monoisotopic (exact) mass is 345 g/mol. The molecular weight excluding hydrogens is 328 g/mol. The van der Waals surface area contributed by atoms with E-state index in [-0.39, 0.29) is 0 Å². The maximum absolute atomic E-state index is 3.52. The largest absolute Gasteiger partial charge is 0.127 e. The Balaban J connectivity index is 2.01. The van der Waals surface area contributed by atoms with Gasteiger partial charge in [-0.25, -0.2) is 0 Å². The Hall–Kier alpha value is -0.990. The maximum atomic E-state index is 3.52. The highest BCUT2D eigenvalue weighted by molar-refractivity contribution is 9.10. The van der Waals surface area contributed by atoms with E-state index in [0.717, 1.165) is 4.47 Å². The van der Waals surface area contributed by atoms with E-state index < -0.39 is 0 Å². The van der Waals surface area contributed by atoms with Crippen molar-refractivity contribution in [3.8, 4) is 0 Å². The number of hydrogen-bond acceptors (Lipinski definition) is 0. The Labute approximate surface area is 132 Å². The van der Waals surface area contributed by atoms with Crippen LogP contribution in [0.5, 0.6) is 0 Å². The van der Waals surface area contributed by atoms with Crippen molar-refractivity contribution in [3.63, 3.8) is 0 Å². The summed E-state index contributed by atoms with van der Waals surface area (Å²) in [5.41, 5.74) is 4.04. The molecule has 1 heterocycles. The number of benzene rings is 2. The van der Waals surface area contributed by atoms with E-state index in [1.165, 1.54) is 41.0 Å². The van der Waals surface area contributed by atoms with Crippen molar-refractivity contribution in [1.82, 2.24) is 0 Å². The van der Waals surface area contributed by atoms with Crippen LogP contribution in [0.2, 0.25) is 0 Å². The molecule has 20 heavy (non-hydrogen) atoms. The molecule has 0 atom stereocenters. The SMILES string of the molecule is Brc1ccc(C(=C[S+]2CCCC2)c2ccccc2)cc1. The normalized spacial score (nSPS) is 16.6. The predicted molar refractivity (Wildman–Crippen MR) is 94.0 cm³/mol. The van der Waals surface area contributed by atoms with Crippen LogP contribution in [0.1, 0.15) is 24.0 Å². The summed E-state index contributed by atoms with van der Waals surface area (Å²) in [6.45, 7) is 0. The first-order valence-electron chi connectivity index (χ1n) is 7.02. The van der Waals surface area contributed by atoms with Gasteiger partial charge in [0.1, 0.15) is 16.9 Å². The van der Waals surface area contributed by atoms with Gasteiger partial charge in [0, 0.05) is 20.9 Å². The van der Waals surface area contributed by atoms with Gasteiger partial charge >= 0.3 is 0 Å². The Bertz CT molecular complexity index is 581. The second-order valence-corrected chi connectivity index (χ2v) is 8.10. The minimum Gasteiger partial charge on any atom is -0.0622 e. The van der Waals surface area contributed by atoms with Crippen molar-refractivity contribution in [2.24, 2.45) is 0 Å². The molecule has 1 fully saturated rings. The average Bonchev–Trinajstić information content (AvgIpc) is 3.00. The van der Waals surface area contributed by atoms with Crippen molar-refractivity contribution in [3.05, 3.63) is 75.6 Å². The molecule has 1 aliphatic rings. The zero-order valence-electron chi connectivity index (χ0n) is 11.4. The minimum atomic E-state index is 0.463. The summed E-state index contributed by atoms with van der Waals surface area (Å²) < 4.78 is 1.14. The second kappa shape index (κ2) is 6.64. The zero-order valence-corrected chi connectivity index (χ0v) is 13.8. The van der Waals surface area contributed by atoms with E-state index >= 15 is 0 Å². The highest BCUT2D eigenvalue weighted by atomic mass is 79.9. The molecule has 2 aromatic rings. The van der Waals surface area contributed by atoms with Crippen LogP contribution in [0.4, 0.5) is 0 Å². The summed E-state index contributed by atoms with van der Waals surface area (Å²) in [5.74, 6) is 2.74. The molecule has 2 heteroatoms. The summed E-state index contributed by atoms with van der Waals surface area (Å²) in [6, 6.07) is 19.4. The van der Waals surface area contributed by atoms with Crippen LogP contribution in [0.15, 0.2) is 64.5 Å². The molecule has 0 amide bonds. The van der Waals surface area contributed by atoms with Crippen LogP contribution in [-0.2, 0) is 10.9 Å². The van der Waals surface area contributed by atoms with Crippen molar-refractivity contribution in [2.75, 3.05) is 11.5 Å². The highest BCUT2D eigenvalue weighted by Gasteiger charge is 2.23. The fourth-order valence-corrected chi connectivity index (χ4v) is 4.97. The summed E-state index contributed by atoms with van der Waals surface area (Å²) in [7, 11) is 0.463. The number of halogens is 1. The Kier molecular flexibility index (Phi) is 4.64. The molecule has 0 nitrogen and oxygen atoms in total. The first-order valence-corrected chi connectivity index (χ1v) is 9.44. The van der Waals surface area contributed by atoms with Crippen molar-refractivity contribution >= 4 is 32.4 Å². The Morgan fingerprint density at radius 2 is 1.45 bits per heavy atom. The summed E-state index contributed by atoms with van der Waals surface area (Å²) in [5, 5.41) is 2.52. The minimum absolute atomic E-state index is 0.463. The van der Waals surface area contributed by atoms with Gasteiger partial charge in [-0.2, -0.15) is 0 Å². The lowest BCUT2D eigenvalue weighted by Gasteiger charge is -2.08. The van der Waals surface area contributed by atoms with E-state index in [9.17, 15) is 0 Å². The van der Waals surface area contributed by atoms with Crippen LogP contribution >= 0.6 is 15.9 Å². The first-order chi connectivity index (χ1) is 9.83. The second-order valence-electron chi connectivity index (χ2n) is 5.06. The van der Waals surface area contributed by atoms with Gasteiger partial charge in [0.25, 0.3) is 0 Å². The van der Waals surface area contributed by atoms with Crippen LogP contribution in [-0.4, -0.2) is 11.5 Å². The van der Waals surface area contributed by atoms with Gasteiger partial charge in [0.2, 0.25) is 0 Å². The van der Waals surface area contributed by atoms with Gasteiger partial charge in [-0.05, 0) is 36.1 Å². The fourth-order valence-electron chi connectivity index (χ4n) is 2.51.